The maximum Gasteiger partial charge on any atom is 0.186 e. The summed E-state index contributed by atoms with van der Waals surface area (Å²) in [6.45, 7) is 5.47. The number of nitrogens with one attached hydrogen (secondary N) is 2. The van der Waals surface area contributed by atoms with Crippen molar-refractivity contribution in [3.05, 3.63) is 35.6 Å². The zero-order chi connectivity index (χ0) is 15.6. The van der Waals surface area contributed by atoms with Crippen LogP contribution in [0.1, 0.15) is 12.0 Å². The normalized spacial score (nSPS) is 15.9. The Hall–Kier alpha value is -1.57. The van der Waals surface area contributed by atoms with E-state index in [-0.39, 0.29) is 5.82 Å². The zero-order valence-corrected chi connectivity index (χ0v) is 13.2. The van der Waals surface area contributed by atoms with Crippen molar-refractivity contribution in [1.29, 1.82) is 0 Å². The van der Waals surface area contributed by atoms with Crippen LogP contribution in [-0.2, 0) is 4.74 Å². The summed E-state index contributed by atoms with van der Waals surface area (Å²) in [7, 11) is 0. The van der Waals surface area contributed by atoms with Crippen LogP contribution in [0.5, 0.6) is 0 Å². The van der Waals surface area contributed by atoms with Crippen LogP contribution in [0.3, 0.4) is 0 Å². The van der Waals surface area contributed by atoms with Gasteiger partial charge in [-0.3, -0.25) is 10.3 Å². The van der Waals surface area contributed by atoms with Crippen LogP contribution in [0.25, 0.3) is 0 Å². The molecule has 2 rings (SSSR count). The SMILES string of the molecule is Fc1cccc(/C=N\NC(=S)NCCCN2CCOCC2)c1. The van der Waals surface area contributed by atoms with E-state index < -0.39 is 0 Å². The van der Waals surface area contributed by atoms with Gasteiger partial charge in [-0.15, -0.1) is 0 Å². The molecule has 1 aliphatic rings. The van der Waals surface area contributed by atoms with E-state index in [2.05, 4.69) is 20.7 Å². The molecule has 1 aromatic carbocycles. The number of morpholine rings is 1. The van der Waals surface area contributed by atoms with Crippen LogP contribution < -0.4 is 10.7 Å². The monoisotopic (exact) mass is 324 g/mol. The molecule has 1 heterocycles. The molecule has 1 saturated heterocycles. The molecule has 0 bridgehead atoms. The lowest BCUT2D eigenvalue weighted by Gasteiger charge is -2.26. The van der Waals surface area contributed by atoms with Gasteiger partial charge in [0.15, 0.2) is 5.11 Å². The van der Waals surface area contributed by atoms with Crippen molar-refractivity contribution in [2.75, 3.05) is 39.4 Å². The van der Waals surface area contributed by atoms with Gasteiger partial charge < -0.3 is 10.1 Å². The van der Waals surface area contributed by atoms with Gasteiger partial charge >= 0.3 is 0 Å². The smallest absolute Gasteiger partial charge is 0.186 e. The first-order chi connectivity index (χ1) is 10.7. The second-order valence-electron chi connectivity index (χ2n) is 4.99. The Morgan fingerprint density at radius 1 is 1.41 bits per heavy atom. The maximum atomic E-state index is 13.0. The Morgan fingerprint density at radius 3 is 3.00 bits per heavy atom. The highest BCUT2D eigenvalue weighted by Gasteiger charge is 2.08. The summed E-state index contributed by atoms with van der Waals surface area (Å²) in [6.07, 6.45) is 2.54. The average Bonchev–Trinajstić information content (AvgIpc) is 2.53. The number of hydrazone groups is 1. The summed E-state index contributed by atoms with van der Waals surface area (Å²) in [4.78, 5) is 2.38. The van der Waals surface area contributed by atoms with Crippen molar-refractivity contribution in [3.8, 4) is 0 Å². The van der Waals surface area contributed by atoms with Gasteiger partial charge in [-0.2, -0.15) is 5.10 Å². The Balaban J connectivity index is 1.57. The first-order valence-corrected chi connectivity index (χ1v) is 7.77. The molecule has 2 N–H and O–H groups in total. The Morgan fingerprint density at radius 2 is 2.23 bits per heavy atom. The third kappa shape index (κ3) is 6.46. The van der Waals surface area contributed by atoms with E-state index in [1.807, 2.05) is 0 Å². The van der Waals surface area contributed by atoms with Crippen molar-refractivity contribution in [2.24, 2.45) is 5.10 Å². The molecule has 1 aliphatic heterocycles. The standard InChI is InChI=1S/C15H21FN4OS/c16-14-4-1-3-13(11-14)12-18-19-15(22)17-5-2-6-20-7-9-21-10-8-20/h1,3-4,11-12H,2,5-10H2,(H2,17,19,22)/b18-12-. The van der Waals surface area contributed by atoms with E-state index in [1.54, 1.807) is 12.1 Å². The lowest BCUT2D eigenvalue weighted by Crippen LogP contribution is -2.39. The largest absolute Gasteiger partial charge is 0.379 e. The molecule has 0 spiro atoms. The van der Waals surface area contributed by atoms with E-state index in [4.69, 9.17) is 17.0 Å². The summed E-state index contributed by atoms with van der Waals surface area (Å²) in [5.74, 6) is -0.284. The second-order valence-corrected chi connectivity index (χ2v) is 5.40. The van der Waals surface area contributed by atoms with E-state index in [0.717, 1.165) is 45.8 Å². The zero-order valence-electron chi connectivity index (χ0n) is 12.4. The third-order valence-corrected chi connectivity index (χ3v) is 3.50. The van der Waals surface area contributed by atoms with Crippen LogP contribution in [-0.4, -0.2) is 55.6 Å². The fourth-order valence-corrected chi connectivity index (χ4v) is 2.28. The molecule has 22 heavy (non-hydrogen) atoms. The molecule has 0 radical (unpaired) electrons. The topological polar surface area (TPSA) is 48.9 Å². The quantitative estimate of drug-likeness (QED) is 0.358. The minimum absolute atomic E-state index is 0.284. The van der Waals surface area contributed by atoms with Crippen molar-refractivity contribution >= 4 is 23.5 Å². The van der Waals surface area contributed by atoms with Gasteiger partial charge in [0.2, 0.25) is 0 Å². The fourth-order valence-electron chi connectivity index (χ4n) is 2.12. The van der Waals surface area contributed by atoms with Gasteiger partial charge in [-0.25, -0.2) is 4.39 Å². The minimum atomic E-state index is -0.284. The summed E-state index contributed by atoms with van der Waals surface area (Å²) in [5, 5.41) is 7.54. The highest BCUT2D eigenvalue weighted by molar-refractivity contribution is 7.80. The lowest BCUT2D eigenvalue weighted by molar-refractivity contribution is 0.0376. The number of hydrogen-bond acceptors (Lipinski definition) is 4. The van der Waals surface area contributed by atoms with Crippen molar-refractivity contribution in [1.82, 2.24) is 15.6 Å². The van der Waals surface area contributed by atoms with Crippen molar-refractivity contribution in [2.45, 2.75) is 6.42 Å². The molecule has 0 aromatic heterocycles. The number of ether oxygens (including phenoxy) is 1. The molecule has 0 saturated carbocycles. The van der Waals surface area contributed by atoms with E-state index in [9.17, 15) is 4.39 Å². The van der Waals surface area contributed by atoms with E-state index >= 15 is 0 Å². The summed E-state index contributed by atoms with van der Waals surface area (Å²) in [5.41, 5.74) is 3.41. The first-order valence-electron chi connectivity index (χ1n) is 7.36. The van der Waals surface area contributed by atoms with Gasteiger partial charge in [0, 0.05) is 19.6 Å². The highest BCUT2D eigenvalue weighted by atomic mass is 32.1. The molecule has 0 unspecified atom stereocenters. The van der Waals surface area contributed by atoms with Crippen LogP contribution in [0.4, 0.5) is 4.39 Å². The molecule has 1 fully saturated rings. The van der Waals surface area contributed by atoms with E-state index in [1.165, 1.54) is 18.3 Å². The molecule has 5 nitrogen and oxygen atoms in total. The molecular weight excluding hydrogens is 303 g/mol. The Labute approximate surface area is 135 Å². The predicted octanol–water partition coefficient (Wildman–Crippen LogP) is 1.35. The molecular formula is C15H21FN4OS. The van der Waals surface area contributed by atoms with Crippen LogP contribution in [0, 0.1) is 5.82 Å². The number of nitrogens with zero attached hydrogens (tertiary/aromatic N) is 2. The van der Waals surface area contributed by atoms with Gasteiger partial charge in [0.25, 0.3) is 0 Å². The van der Waals surface area contributed by atoms with Crippen molar-refractivity contribution < 1.29 is 9.13 Å². The van der Waals surface area contributed by atoms with Gasteiger partial charge in [0.1, 0.15) is 5.82 Å². The molecule has 0 aliphatic carbocycles. The maximum absolute atomic E-state index is 13.0. The molecule has 120 valence electrons. The average molecular weight is 324 g/mol. The lowest BCUT2D eigenvalue weighted by atomic mass is 10.2. The van der Waals surface area contributed by atoms with E-state index in [0.29, 0.717) is 10.7 Å². The summed E-state index contributed by atoms with van der Waals surface area (Å²) >= 11 is 5.12. The predicted molar refractivity (Wildman–Crippen MR) is 89.6 cm³/mol. The fraction of sp³-hybridized carbons (Fsp3) is 0.467. The number of benzene rings is 1. The number of halogens is 1. The van der Waals surface area contributed by atoms with Crippen LogP contribution >= 0.6 is 12.2 Å². The molecule has 0 atom stereocenters. The number of rotatable bonds is 6. The van der Waals surface area contributed by atoms with Gasteiger partial charge in [-0.1, -0.05) is 12.1 Å². The van der Waals surface area contributed by atoms with Crippen molar-refractivity contribution in [3.63, 3.8) is 0 Å². The third-order valence-electron chi connectivity index (χ3n) is 3.27. The molecule has 0 amide bonds. The van der Waals surface area contributed by atoms with Crippen LogP contribution in [0.2, 0.25) is 0 Å². The van der Waals surface area contributed by atoms with Gasteiger partial charge in [0.05, 0.1) is 19.4 Å². The molecule has 7 heteroatoms. The second kappa shape index (κ2) is 9.45. The number of hydrogen-bond donors (Lipinski definition) is 2. The summed E-state index contributed by atoms with van der Waals surface area (Å²) in [6, 6.07) is 6.21. The summed E-state index contributed by atoms with van der Waals surface area (Å²) < 4.78 is 18.3. The Kier molecular flexibility index (Phi) is 7.21. The minimum Gasteiger partial charge on any atom is -0.379 e. The Bertz CT molecular complexity index is 506. The van der Waals surface area contributed by atoms with Gasteiger partial charge in [-0.05, 0) is 42.9 Å². The highest BCUT2D eigenvalue weighted by Crippen LogP contribution is 2.00. The number of thiocarbonyl (C=S) groups is 1. The molecule has 1 aromatic rings. The van der Waals surface area contributed by atoms with Crippen LogP contribution in [0.15, 0.2) is 29.4 Å². The first kappa shape index (κ1) is 16.8.